The highest BCUT2D eigenvalue weighted by Crippen LogP contribution is 2.18. The first-order valence-electron chi connectivity index (χ1n) is 4.54. The van der Waals surface area contributed by atoms with Crippen molar-refractivity contribution in [3.8, 4) is 0 Å². The summed E-state index contributed by atoms with van der Waals surface area (Å²) >= 11 is 1.44. The summed E-state index contributed by atoms with van der Waals surface area (Å²) in [6.45, 7) is 0.761. The summed E-state index contributed by atoms with van der Waals surface area (Å²) in [5, 5.41) is 8.88. The number of nitrogen functional groups attached to an aromatic ring is 1. The van der Waals surface area contributed by atoms with E-state index in [4.69, 9.17) is 5.73 Å². The Morgan fingerprint density at radius 1 is 1.53 bits per heavy atom. The van der Waals surface area contributed by atoms with Gasteiger partial charge in [0.25, 0.3) is 0 Å². The molecule has 0 saturated carbocycles. The fourth-order valence-electron chi connectivity index (χ4n) is 1.15. The summed E-state index contributed by atoms with van der Waals surface area (Å²) in [5.74, 6) is 0.828. The van der Waals surface area contributed by atoms with Gasteiger partial charge in [0, 0.05) is 20.0 Å². The average Bonchev–Trinajstić information content (AvgIpc) is 2.76. The second-order valence-electron chi connectivity index (χ2n) is 3.08. The summed E-state index contributed by atoms with van der Waals surface area (Å²) in [6, 6.07) is 0. The van der Waals surface area contributed by atoms with Crippen LogP contribution in [0.25, 0.3) is 0 Å². The molecule has 6 nitrogen and oxygen atoms in total. The molecule has 3 N–H and O–H groups in total. The summed E-state index contributed by atoms with van der Waals surface area (Å²) in [7, 11) is 1.85. The average molecular weight is 224 g/mol. The van der Waals surface area contributed by atoms with Gasteiger partial charge in [0.15, 0.2) is 11.0 Å². The molecule has 7 heteroatoms. The molecule has 0 aliphatic rings. The van der Waals surface area contributed by atoms with Crippen LogP contribution in [0.3, 0.4) is 0 Å². The fraction of sp³-hybridized carbons (Fsp3) is 0.375. The van der Waals surface area contributed by atoms with E-state index >= 15 is 0 Å². The first-order chi connectivity index (χ1) is 7.24. The zero-order valence-electron chi connectivity index (χ0n) is 8.34. The van der Waals surface area contributed by atoms with E-state index < -0.39 is 0 Å². The van der Waals surface area contributed by atoms with Gasteiger partial charge in [-0.3, -0.25) is 4.68 Å². The molecule has 0 aliphatic heterocycles. The maximum atomic E-state index is 5.55. The van der Waals surface area contributed by atoms with Gasteiger partial charge in [-0.05, 0) is 0 Å². The van der Waals surface area contributed by atoms with E-state index in [1.54, 1.807) is 17.2 Å². The molecule has 0 bridgehead atoms. The Hall–Kier alpha value is -1.63. The third kappa shape index (κ3) is 2.66. The zero-order chi connectivity index (χ0) is 10.7. The maximum Gasteiger partial charge on any atom is 0.184 e. The summed E-state index contributed by atoms with van der Waals surface area (Å²) in [6.07, 6.45) is 4.11. The third-order valence-electron chi connectivity index (χ3n) is 1.80. The number of anilines is 2. The molecule has 0 aromatic carbocycles. The minimum atomic E-state index is 0.716. The zero-order valence-corrected chi connectivity index (χ0v) is 9.16. The second-order valence-corrected chi connectivity index (χ2v) is 4.14. The second kappa shape index (κ2) is 4.26. The Balaban J connectivity index is 1.80. The highest BCUT2D eigenvalue weighted by Gasteiger charge is 2.00. The molecule has 0 unspecified atom stereocenters. The van der Waals surface area contributed by atoms with Crippen molar-refractivity contribution in [3.63, 3.8) is 0 Å². The predicted octanol–water partition coefficient (Wildman–Crippen LogP) is 0.508. The number of rotatable bonds is 4. The van der Waals surface area contributed by atoms with Gasteiger partial charge < -0.3 is 11.1 Å². The van der Waals surface area contributed by atoms with Crippen molar-refractivity contribution in [2.75, 3.05) is 17.6 Å². The Morgan fingerprint density at radius 3 is 3.00 bits per heavy atom. The van der Waals surface area contributed by atoms with Crippen molar-refractivity contribution in [1.29, 1.82) is 0 Å². The normalized spacial score (nSPS) is 10.5. The first-order valence-corrected chi connectivity index (χ1v) is 5.35. The van der Waals surface area contributed by atoms with Crippen molar-refractivity contribution < 1.29 is 0 Å². The molecule has 0 amide bonds. The first kappa shape index (κ1) is 9.91. The quantitative estimate of drug-likeness (QED) is 0.790. The Morgan fingerprint density at radius 2 is 2.40 bits per heavy atom. The fourth-order valence-corrected chi connectivity index (χ4v) is 1.76. The van der Waals surface area contributed by atoms with Gasteiger partial charge in [-0.1, -0.05) is 11.3 Å². The van der Waals surface area contributed by atoms with E-state index in [1.807, 2.05) is 7.05 Å². The summed E-state index contributed by atoms with van der Waals surface area (Å²) < 4.78 is 1.69. The molecule has 2 aromatic rings. The topological polar surface area (TPSA) is 81.7 Å². The number of thiazole rings is 1. The molecule has 0 atom stereocenters. The van der Waals surface area contributed by atoms with E-state index in [0.717, 1.165) is 23.9 Å². The molecule has 0 spiro atoms. The molecule has 80 valence electrons. The van der Waals surface area contributed by atoms with Crippen molar-refractivity contribution in [2.45, 2.75) is 6.42 Å². The van der Waals surface area contributed by atoms with Crippen LogP contribution in [0.1, 0.15) is 5.82 Å². The monoisotopic (exact) mass is 224 g/mol. The van der Waals surface area contributed by atoms with E-state index in [-0.39, 0.29) is 0 Å². The lowest BCUT2D eigenvalue weighted by atomic mass is 10.4. The molecule has 2 rings (SSSR count). The molecule has 0 saturated heterocycles. The molecule has 2 heterocycles. The van der Waals surface area contributed by atoms with E-state index in [2.05, 4.69) is 20.4 Å². The van der Waals surface area contributed by atoms with Gasteiger partial charge in [-0.2, -0.15) is 5.10 Å². The molecule has 2 aromatic heterocycles. The lowest BCUT2D eigenvalue weighted by molar-refractivity contribution is 0.742. The number of hydrogen-bond donors (Lipinski definition) is 2. The van der Waals surface area contributed by atoms with Gasteiger partial charge in [-0.15, -0.1) is 0 Å². The lowest BCUT2D eigenvalue weighted by Crippen LogP contribution is -2.06. The third-order valence-corrected chi connectivity index (χ3v) is 2.58. The van der Waals surface area contributed by atoms with Crippen LogP contribution in [-0.4, -0.2) is 26.3 Å². The smallest absolute Gasteiger partial charge is 0.184 e. The Kier molecular flexibility index (Phi) is 2.82. The number of nitrogens with two attached hydrogens (primary N) is 1. The molecular weight excluding hydrogens is 212 g/mol. The Bertz CT molecular complexity index is 394. The highest BCUT2D eigenvalue weighted by atomic mass is 32.1. The standard InChI is InChI=1S/C8H12N6S/c1-14-5-12-7(13-14)2-3-10-8-11-4-6(9)15-8/h4-5H,2-3,9H2,1H3,(H,10,11). The van der Waals surface area contributed by atoms with Crippen LogP contribution in [0, 0.1) is 0 Å². The van der Waals surface area contributed by atoms with Crippen LogP contribution in [0.15, 0.2) is 12.5 Å². The van der Waals surface area contributed by atoms with Gasteiger partial charge in [-0.25, -0.2) is 9.97 Å². The molecule has 15 heavy (non-hydrogen) atoms. The van der Waals surface area contributed by atoms with Crippen LogP contribution >= 0.6 is 11.3 Å². The van der Waals surface area contributed by atoms with Gasteiger partial charge in [0.05, 0.1) is 6.20 Å². The summed E-state index contributed by atoms with van der Waals surface area (Å²) in [5.41, 5.74) is 5.55. The van der Waals surface area contributed by atoms with Crippen LogP contribution in [-0.2, 0) is 13.5 Å². The summed E-state index contributed by atoms with van der Waals surface area (Å²) in [4.78, 5) is 8.21. The predicted molar refractivity (Wildman–Crippen MR) is 59.7 cm³/mol. The highest BCUT2D eigenvalue weighted by molar-refractivity contribution is 7.19. The lowest BCUT2D eigenvalue weighted by Gasteiger charge is -1.98. The maximum absolute atomic E-state index is 5.55. The van der Waals surface area contributed by atoms with Gasteiger partial charge in [0.1, 0.15) is 11.3 Å². The van der Waals surface area contributed by atoms with Crippen LogP contribution in [0.5, 0.6) is 0 Å². The molecule has 0 aliphatic carbocycles. The molecular formula is C8H12N6S. The minimum Gasteiger partial charge on any atom is -0.389 e. The number of aromatic nitrogens is 4. The molecule has 0 fully saturated rings. The van der Waals surface area contributed by atoms with Crippen molar-refractivity contribution in [2.24, 2.45) is 7.05 Å². The largest absolute Gasteiger partial charge is 0.389 e. The van der Waals surface area contributed by atoms with Gasteiger partial charge >= 0.3 is 0 Å². The number of nitrogens with one attached hydrogen (secondary N) is 1. The van der Waals surface area contributed by atoms with Crippen LogP contribution in [0.4, 0.5) is 10.1 Å². The van der Waals surface area contributed by atoms with E-state index in [0.29, 0.717) is 5.00 Å². The van der Waals surface area contributed by atoms with Crippen LogP contribution < -0.4 is 11.1 Å². The van der Waals surface area contributed by atoms with E-state index in [9.17, 15) is 0 Å². The number of hydrogen-bond acceptors (Lipinski definition) is 6. The SMILES string of the molecule is Cn1cnc(CCNc2ncc(N)s2)n1. The number of nitrogens with zero attached hydrogens (tertiary/aromatic N) is 4. The van der Waals surface area contributed by atoms with Crippen molar-refractivity contribution in [1.82, 2.24) is 19.7 Å². The van der Waals surface area contributed by atoms with Crippen LogP contribution in [0.2, 0.25) is 0 Å². The van der Waals surface area contributed by atoms with Crippen molar-refractivity contribution in [3.05, 3.63) is 18.3 Å². The van der Waals surface area contributed by atoms with Gasteiger partial charge in [0.2, 0.25) is 0 Å². The van der Waals surface area contributed by atoms with E-state index in [1.165, 1.54) is 11.3 Å². The molecule has 0 radical (unpaired) electrons. The Labute approximate surface area is 91.2 Å². The minimum absolute atomic E-state index is 0.716. The number of aryl methyl sites for hydroxylation is 1. The van der Waals surface area contributed by atoms with Crippen molar-refractivity contribution >= 4 is 21.5 Å².